The molecule has 4 aromatic carbocycles. The van der Waals surface area contributed by atoms with Gasteiger partial charge >= 0.3 is 5.97 Å². The lowest BCUT2D eigenvalue weighted by Crippen LogP contribution is -2.21. The quantitative estimate of drug-likeness (QED) is 0.381. The molecule has 5 aromatic rings. The summed E-state index contributed by atoms with van der Waals surface area (Å²) < 4.78 is 11.1. The van der Waals surface area contributed by atoms with Crippen LogP contribution in [0, 0.1) is 0 Å². The molecule has 0 saturated heterocycles. The van der Waals surface area contributed by atoms with E-state index < -0.39 is 18.5 Å². The van der Waals surface area contributed by atoms with E-state index in [-0.39, 0.29) is 5.56 Å². The number of rotatable bonds is 5. The molecule has 1 aromatic heterocycles. The SMILES string of the molecule is O=C(COC(=O)c1ccccc1-c1nc2ccccc2o1)Nc1ccc2ccccc2c1. The summed E-state index contributed by atoms with van der Waals surface area (Å²) in [4.78, 5) is 29.5. The summed E-state index contributed by atoms with van der Waals surface area (Å²) in [6.45, 7) is -0.409. The predicted molar refractivity (Wildman–Crippen MR) is 122 cm³/mol. The van der Waals surface area contributed by atoms with Gasteiger partial charge in [0.25, 0.3) is 5.91 Å². The Kier molecular flexibility index (Phi) is 5.09. The first-order valence-electron chi connectivity index (χ1n) is 10.1. The van der Waals surface area contributed by atoms with Crippen LogP contribution in [0.2, 0.25) is 0 Å². The summed E-state index contributed by atoms with van der Waals surface area (Å²) >= 11 is 0. The molecule has 1 amide bonds. The van der Waals surface area contributed by atoms with Gasteiger partial charge < -0.3 is 14.5 Å². The summed E-state index contributed by atoms with van der Waals surface area (Å²) in [6, 6.07) is 27.7. The fraction of sp³-hybridized carbons (Fsp3) is 0.0385. The number of ether oxygens (including phenoxy) is 1. The zero-order valence-corrected chi connectivity index (χ0v) is 16.9. The van der Waals surface area contributed by atoms with Gasteiger partial charge in [0.15, 0.2) is 12.2 Å². The van der Waals surface area contributed by atoms with E-state index in [4.69, 9.17) is 9.15 Å². The molecule has 0 aliphatic rings. The molecule has 0 radical (unpaired) electrons. The number of carbonyl (C=O) groups excluding carboxylic acids is 2. The molecule has 0 aliphatic carbocycles. The van der Waals surface area contributed by atoms with Crippen molar-refractivity contribution < 1.29 is 18.7 Å². The molecule has 6 nitrogen and oxygen atoms in total. The molecule has 0 bridgehead atoms. The lowest BCUT2D eigenvalue weighted by atomic mass is 10.1. The number of carbonyl (C=O) groups is 2. The smallest absolute Gasteiger partial charge is 0.339 e. The number of nitrogens with one attached hydrogen (secondary N) is 1. The highest BCUT2D eigenvalue weighted by atomic mass is 16.5. The number of amides is 1. The van der Waals surface area contributed by atoms with Crippen molar-refractivity contribution in [1.29, 1.82) is 0 Å². The number of benzene rings is 4. The molecule has 0 fully saturated rings. The molecule has 1 heterocycles. The Morgan fingerprint density at radius 3 is 2.47 bits per heavy atom. The first-order valence-corrected chi connectivity index (χ1v) is 10.1. The van der Waals surface area contributed by atoms with Gasteiger partial charge in [0.2, 0.25) is 5.89 Å². The van der Waals surface area contributed by atoms with Crippen LogP contribution in [0.25, 0.3) is 33.3 Å². The number of oxazole rings is 1. The summed E-state index contributed by atoms with van der Waals surface area (Å²) in [7, 11) is 0. The van der Waals surface area contributed by atoms with E-state index in [0.717, 1.165) is 10.8 Å². The minimum atomic E-state index is -0.628. The Hall–Kier alpha value is -4.45. The fourth-order valence-electron chi connectivity index (χ4n) is 3.51. The maximum absolute atomic E-state index is 12.7. The minimum Gasteiger partial charge on any atom is -0.452 e. The van der Waals surface area contributed by atoms with Crippen LogP contribution in [0.4, 0.5) is 5.69 Å². The summed E-state index contributed by atoms with van der Waals surface area (Å²) in [5.41, 5.74) is 2.73. The summed E-state index contributed by atoms with van der Waals surface area (Å²) in [5.74, 6) is -0.733. The fourth-order valence-corrected chi connectivity index (χ4v) is 3.51. The Morgan fingerprint density at radius 1 is 0.844 bits per heavy atom. The van der Waals surface area contributed by atoms with E-state index in [0.29, 0.717) is 28.2 Å². The predicted octanol–water partition coefficient (Wildman–Crippen LogP) is 5.44. The second-order valence-corrected chi connectivity index (χ2v) is 7.22. The van der Waals surface area contributed by atoms with Gasteiger partial charge in [-0.25, -0.2) is 9.78 Å². The van der Waals surface area contributed by atoms with Gasteiger partial charge in [-0.1, -0.05) is 54.6 Å². The first-order chi connectivity index (χ1) is 15.7. The van der Waals surface area contributed by atoms with Crippen molar-refractivity contribution in [2.24, 2.45) is 0 Å². The third kappa shape index (κ3) is 3.94. The van der Waals surface area contributed by atoms with Gasteiger partial charge in [0.1, 0.15) is 5.52 Å². The average molecular weight is 422 g/mol. The zero-order valence-electron chi connectivity index (χ0n) is 16.9. The minimum absolute atomic E-state index is 0.276. The molecule has 156 valence electrons. The maximum atomic E-state index is 12.7. The van der Waals surface area contributed by atoms with Crippen molar-refractivity contribution in [1.82, 2.24) is 4.98 Å². The van der Waals surface area contributed by atoms with Crippen molar-refractivity contribution in [3.63, 3.8) is 0 Å². The maximum Gasteiger partial charge on any atom is 0.339 e. The second-order valence-electron chi connectivity index (χ2n) is 7.22. The van der Waals surface area contributed by atoms with Crippen LogP contribution in [-0.2, 0) is 9.53 Å². The number of nitrogens with zero attached hydrogens (tertiary/aromatic N) is 1. The van der Waals surface area contributed by atoms with Crippen LogP contribution in [0.15, 0.2) is 95.4 Å². The highest BCUT2D eigenvalue weighted by Gasteiger charge is 2.19. The van der Waals surface area contributed by atoms with Crippen LogP contribution in [-0.4, -0.2) is 23.5 Å². The Bertz CT molecular complexity index is 1420. The Labute approximate surface area is 183 Å². The van der Waals surface area contributed by atoms with E-state index >= 15 is 0 Å². The van der Waals surface area contributed by atoms with Crippen molar-refractivity contribution >= 4 is 39.4 Å². The molecule has 0 unspecified atom stereocenters. The van der Waals surface area contributed by atoms with Crippen LogP contribution in [0.1, 0.15) is 10.4 Å². The van der Waals surface area contributed by atoms with Crippen molar-refractivity contribution in [2.45, 2.75) is 0 Å². The first kappa shape index (κ1) is 19.5. The molecule has 0 saturated carbocycles. The largest absolute Gasteiger partial charge is 0.452 e. The van der Waals surface area contributed by atoms with Crippen molar-refractivity contribution in [2.75, 3.05) is 11.9 Å². The van der Waals surface area contributed by atoms with Gasteiger partial charge in [-0.2, -0.15) is 0 Å². The van der Waals surface area contributed by atoms with E-state index in [2.05, 4.69) is 10.3 Å². The number of fused-ring (bicyclic) bond motifs is 2. The molecule has 0 aliphatic heterocycles. The standard InChI is InChI=1S/C26H18N2O4/c29-24(27-19-14-13-17-7-1-2-8-18(17)15-19)16-31-26(30)21-10-4-3-9-20(21)25-28-22-11-5-6-12-23(22)32-25/h1-15H,16H2,(H,27,29). The monoisotopic (exact) mass is 422 g/mol. The van der Waals surface area contributed by atoms with Crippen LogP contribution < -0.4 is 5.32 Å². The van der Waals surface area contributed by atoms with Crippen LogP contribution >= 0.6 is 0 Å². The van der Waals surface area contributed by atoms with Gasteiger partial charge in [0.05, 0.1) is 11.1 Å². The van der Waals surface area contributed by atoms with Crippen LogP contribution in [0.5, 0.6) is 0 Å². The molecular weight excluding hydrogens is 404 g/mol. The van der Waals surface area contributed by atoms with Gasteiger partial charge in [-0.3, -0.25) is 4.79 Å². The number of hydrogen-bond acceptors (Lipinski definition) is 5. The normalized spacial score (nSPS) is 10.9. The van der Waals surface area contributed by atoms with E-state index in [1.165, 1.54) is 0 Å². The van der Waals surface area contributed by atoms with E-state index in [1.54, 1.807) is 24.3 Å². The van der Waals surface area contributed by atoms with Gasteiger partial charge in [-0.15, -0.1) is 0 Å². The summed E-state index contributed by atoms with van der Waals surface area (Å²) in [6.07, 6.45) is 0. The Morgan fingerprint density at radius 2 is 1.59 bits per heavy atom. The molecule has 32 heavy (non-hydrogen) atoms. The Balaban J connectivity index is 1.29. The number of para-hydroxylation sites is 2. The number of aromatic nitrogens is 1. The number of hydrogen-bond donors (Lipinski definition) is 1. The zero-order chi connectivity index (χ0) is 21.9. The van der Waals surface area contributed by atoms with Crippen LogP contribution in [0.3, 0.4) is 0 Å². The molecular formula is C26H18N2O4. The number of anilines is 1. The highest BCUT2D eigenvalue weighted by Crippen LogP contribution is 2.27. The molecule has 1 N–H and O–H groups in total. The molecule has 0 spiro atoms. The molecule has 5 rings (SSSR count). The van der Waals surface area contributed by atoms with Crippen molar-refractivity contribution in [3.05, 3.63) is 96.6 Å². The molecule has 0 atom stereocenters. The molecule has 6 heteroatoms. The van der Waals surface area contributed by atoms with Gasteiger partial charge in [0, 0.05) is 5.69 Å². The summed E-state index contributed by atoms with van der Waals surface area (Å²) in [5, 5.41) is 4.84. The third-order valence-electron chi connectivity index (χ3n) is 5.04. The third-order valence-corrected chi connectivity index (χ3v) is 5.04. The van der Waals surface area contributed by atoms with Gasteiger partial charge in [-0.05, 0) is 47.2 Å². The van der Waals surface area contributed by atoms with E-state index in [9.17, 15) is 9.59 Å². The lowest BCUT2D eigenvalue weighted by molar-refractivity contribution is -0.119. The lowest BCUT2D eigenvalue weighted by Gasteiger charge is -2.09. The van der Waals surface area contributed by atoms with Crippen molar-refractivity contribution in [3.8, 4) is 11.5 Å². The number of esters is 1. The second kappa shape index (κ2) is 8.35. The van der Waals surface area contributed by atoms with E-state index in [1.807, 2.05) is 66.7 Å². The highest BCUT2D eigenvalue weighted by molar-refractivity contribution is 6.00. The topological polar surface area (TPSA) is 81.4 Å². The average Bonchev–Trinajstić information content (AvgIpc) is 3.27.